The third kappa shape index (κ3) is 36.9. The molecule has 0 amide bonds. The van der Waals surface area contributed by atoms with Crippen LogP contribution in [0.1, 0.15) is 58.8 Å². The van der Waals surface area contributed by atoms with E-state index in [1.807, 2.05) is 6.08 Å². The highest BCUT2D eigenvalue weighted by molar-refractivity contribution is 5.86. The van der Waals surface area contributed by atoms with Crippen LogP contribution in [0.3, 0.4) is 0 Å². The van der Waals surface area contributed by atoms with Gasteiger partial charge in [0.25, 0.3) is 0 Å². The van der Waals surface area contributed by atoms with Crippen LogP contribution in [0.15, 0.2) is 50.1 Å². The van der Waals surface area contributed by atoms with Gasteiger partial charge in [-0.1, -0.05) is 57.2 Å². The monoisotopic (exact) mass is 338 g/mol. The molecule has 0 aromatic carbocycles. The average molecular weight is 338 g/mol. The van der Waals surface area contributed by atoms with Crippen LogP contribution in [-0.2, 0) is 9.59 Å². The summed E-state index contributed by atoms with van der Waals surface area (Å²) in [5.74, 6) is -0.806. The Morgan fingerprint density at radius 1 is 1.12 bits per heavy atom. The van der Waals surface area contributed by atoms with Crippen molar-refractivity contribution in [3.63, 3.8) is 0 Å². The highest BCUT2D eigenvalue weighted by atomic mass is 16.4. The van der Waals surface area contributed by atoms with Gasteiger partial charge in [0, 0.05) is 6.42 Å². The fourth-order valence-corrected chi connectivity index (χ4v) is 1.30. The molecule has 4 heteroatoms. The molecule has 0 unspecified atom stereocenters. The number of hydrogen-bond donors (Lipinski definition) is 2. The van der Waals surface area contributed by atoms with E-state index in [0.29, 0.717) is 12.8 Å². The maximum atomic E-state index is 10.1. The summed E-state index contributed by atoms with van der Waals surface area (Å²) in [5.41, 5.74) is 0. The van der Waals surface area contributed by atoms with E-state index >= 15 is 0 Å². The van der Waals surface area contributed by atoms with E-state index in [2.05, 4.69) is 26.7 Å². The van der Waals surface area contributed by atoms with E-state index < -0.39 is 12.1 Å². The maximum Gasteiger partial charge on any atom is 0.303 e. The number of aliphatic hydroxyl groups is 1. The smallest absolute Gasteiger partial charge is 0.303 e. The molecule has 0 fully saturated rings. The minimum Gasteiger partial charge on any atom is -0.481 e. The van der Waals surface area contributed by atoms with Gasteiger partial charge in [-0.15, -0.1) is 6.58 Å². The SMILES string of the molecule is C=C/C=C/[C@@H](O)CCCC(=O)O.C=CC(C)=O.C=CCCCCC. The van der Waals surface area contributed by atoms with E-state index in [-0.39, 0.29) is 12.2 Å². The van der Waals surface area contributed by atoms with Crippen molar-refractivity contribution in [2.45, 2.75) is 64.9 Å². The van der Waals surface area contributed by atoms with Crippen LogP contribution in [-0.4, -0.2) is 28.1 Å². The molecule has 1 atom stereocenters. The number of rotatable bonds is 11. The molecule has 0 spiro atoms. The highest BCUT2D eigenvalue weighted by Crippen LogP contribution is 2.01. The van der Waals surface area contributed by atoms with Crippen LogP contribution in [0.5, 0.6) is 0 Å². The third-order valence-corrected chi connectivity index (χ3v) is 2.66. The number of carboxylic acids is 1. The first kappa shape index (κ1) is 26.9. The standard InChI is InChI=1S/C9H14O3.C7H14.C4H6O/c1-2-3-5-8(10)6-4-7-9(11)12;1-3-5-7-6-4-2;1-3-4(2)5/h2-3,5,8,10H,1,4,6-7H2,(H,11,12);3H,1,4-7H2,2H3;3H,1H2,2H3/b5-3+;;/t8-;;/m1../s1. The third-order valence-electron chi connectivity index (χ3n) is 2.66. The van der Waals surface area contributed by atoms with Gasteiger partial charge in [0.05, 0.1) is 6.10 Å². The molecule has 0 bridgehead atoms. The Bertz CT molecular complexity index is 370. The van der Waals surface area contributed by atoms with E-state index in [4.69, 9.17) is 10.2 Å². The number of unbranched alkanes of at least 4 members (excludes halogenated alkanes) is 3. The van der Waals surface area contributed by atoms with Crippen LogP contribution < -0.4 is 0 Å². The summed E-state index contributed by atoms with van der Waals surface area (Å²) in [6, 6.07) is 0. The molecule has 2 N–H and O–H groups in total. The van der Waals surface area contributed by atoms with Crippen LogP contribution in [0.25, 0.3) is 0 Å². The molecule has 4 nitrogen and oxygen atoms in total. The average Bonchev–Trinajstić information content (AvgIpc) is 2.54. The Labute approximate surface area is 147 Å². The first-order chi connectivity index (χ1) is 11.3. The summed E-state index contributed by atoms with van der Waals surface area (Å²) in [7, 11) is 0. The van der Waals surface area contributed by atoms with Crippen molar-refractivity contribution in [2.24, 2.45) is 0 Å². The molecule has 138 valence electrons. The number of hydrogen-bond acceptors (Lipinski definition) is 3. The van der Waals surface area contributed by atoms with Crippen LogP contribution in [0.2, 0.25) is 0 Å². The summed E-state index contributed by atoms with van der Waals surface area (Å²) >= 11 is 0. The zero-order chi connectivity index (χ0) is 19.2. The lowest BCUT2D eigenvalue weighted by Gasteiger charge is -2.02. The molecular weight excluding hydrogens is 304 g/mol. The number of aliphatic hydroxyl groups excluding tert-OH is 1. The second-order valence-corrected chi connectivity index (χ2v) is 5.07. The summed E-state index contributed by atoms with van der Waals surface area (Å²) in [5, 5.41) is 17.5. The fourth-order valence-electron chi connectivity index (χ4n) is 1.30. The van der Waals surface area contributed by atoms with Gasteiger partial charge in [0.15, 0.2) is 5.78 Å². The molecule has 0 aliphatic heterocycles. The van der Waals surface area contributed by atoms with Gasteiger partial charge in [0.2, 0.25) is 0 Å². The predicted molar refractivity (Wildman–Crippen MR) is 102 cm³/mol. The number of allylic oxidation sites excluding steroid dienone is 4. The quantitative estimate of drug-likeness (QED) is 0.244. The van der Waals surface area contributed by atoms with Gasteiger partial charge in [-0.2, -0.15) is 0 Å². The molecular formula is C20H34O4. The van der Waals surface area contributed by atoms with Crippen molar-refractivity contribution in [3.8, 4) is 0 Å². The minimum atomic E-state index is -0.824. The van der Waals surface area contributed by atoms with E-state index in [9.17, 15) is 9.59 Å². The molecule has 0 saturated carbocycles. The van der Waals surface area contributed by atoms with Crippen molar-refractivity contribution in [2.75, 3.05) is 0 Å². The Hall–Kier alpha value is -1.94. The van der Waals surface area contributed by atoms with E-state index in [0.717, 1.165) is 0 Å². The Balaban J connectivity index is -0.000000311. The predicted octanol–water partition coefficient (Wildman–Crippen LogP) is 4.86. The summed E-state index contributed by atoms with van der Waals surface area (Å²) < 4.78 is 0. The van der Waals surface area contributed by atoms with Crippen molar-refractivity contribution in [1.82, 2.24) is 0 Å². The van der Waals surface area contributed by atoms with Crippen molar-refractivity contribution >= 4 is 11.8 Å². The zero-order valence-electron chi connectivity index (χ0n) is 15.2. The van der Waals surface area contributed by atoms with E-state index in [1.165, 1.54) is 38.7 Å². The topological polar surface area (TPSA) is 74.6 Å². The molecule has 0 aliphatic carbocycles. The van der Waals surface area contributed by atoms with Crippen LogP contribution in [0.4, 0.5) is 0 Å². The Morgan fingerprint density at radius 3 is 2.08 bits per heavy atom. The van der Waals surface area contributed by atoms with Crippen LogP contribution >= 0.6 is 0 Å². The first-order valence-corrected chi connectivity index (χ1v) is 8.28. The Kier molecular flexibility index (Phi) is 26.2. The summed E-state index contributed by atoms with van der Waals surface area (Å²) in [6.45, 7) is 14.0. The minimum absolute atomic E-state index is 0.0185. The first-order valence-electron chi connectivity index (χ1n) is 8.28. The van der Waals surface area contributed by atoms with Gasteiger partial charge < -0.3 is 10.2 Å². The van der Waals surface area contributed by atoms with Gasteiger partial charge in [0.1, 0.15) is 0 Å². The van der Waals surface area contributed by atoms with Crippen molar-refractivity contribution in [1.29, 1.82) is 0 Å². The number of carboxylic acid groups (broad SMARTS) is 1. The zero-order valence-corrected chi connectivity index (χ0v) is 15.2. The number of carbonyl (C=O) groups is 2. The second-order valence-electron chi connectivity index (χ2n) is 5.07. The van der Waals surface area contributed by atoms with Gasteiger partial charge in [-0.05, 0) is 38.7 Å². The molecule has 0 aromatic heterocycles. The normalized spacial score (nSPS) is 10.5. The molecule has 24 heavy (non-hydrogen) atoms. The lowest BCUT2D eigenvalue weighted by Crippen LogP contribution is -2.03. The summed E-state index contributed by atoms with van der Waals surface area (Å²) in [6.07, 6.45) is 13.8. The van der Waals surface area contributed by atoms with E-state index in [1.54, 1.807) is 18.2 Å². The lowest BCUT2D eigenvalue weighted by atomic mass is 10.1. The van der Waals surface area contributed by atoms with Gasteiger partial charge in [-0.3, -0.25) is 9.59 Å². The molecule has 0 aromatic rings. The maximum absolute atomic E-state index is 10.1. The second kappa shape index (κ2) is 23.3. The summed E-state index contributed by atoms with van der Waals surface area (Å²) in [4.78, 5) is 19.8. The molecule has 0 rings (SSSR count). The van der Waals surface area contributed by atoms with Gasteiger partial charge >= 0.3 is 5.97 Å². The lowest BCUT2D eigenvalue weighted by molar-refractivity contribution is -0.137. The van der Waals surface area contributed by atoms with Gasteiger partial charge in [-0.25, -0.2) is 0 Å². The molecule has 0 saturated heterocycles. The molecule has 0 aliphatic rings. The highest BCUT2D eigenvalue weighted by Gasteiger charge is 2.01. The number of ketones is 1. The van der Waals surface area contributed by atoms with Crippen molar-refractivity contribution in [3.05, 3.63) is 50.1 Å². The Morgan fingerprint density at radius 2 is 1.71 bits per heavy atom. The largest absolute Gasteiger partial charge is 0.481 e. The molecule has 0 radical (unpaired) electrons. The van der Waals surface area contributed by atoms with Crippen molar-refractivity contribution < 1.29 is 19.8 Å². The number of carbonyl (C=O) groups excluding carboxylic acids is 1. The fraction of sp³-hybridized carbons (Fsp3) is 0.500. The molecule has 0 heterocycles. The number of aliphatic carboxylic acids is 1. The van der Waals surface area contributed by atoms with Crippen LogP contribution in [0, 0.1) is 0 Å².